The summed E-state index contributed by atoms with van der Waals surface area (Å²) in [7, 11) is 0. The van der Waals surface area contributed by atoms with E-state index in [9.17, 15) is 9.18 Å². The monoisotopic (exact) mass is 373 g/mol. The summed E-state index contributed by atoms with van der Waals surface area (Å²) in [6, 6.07) is 12.1. The van der Waals surface area contributed by atoms with Gasteiger partial charge in [-0.3, -0.25) is 10.1 Å². The fraction of sp³-hybridized carbons (Fsp3) is 0.167. The maximum atomic E-state index is 12.9. The van der Waals surface area contributed by atoms with Gasteiger partial charge in [0.25, 0.3) is 5.91 Å². The summed E-state index contributed by atoms with van der Waals surface area (Å²) in [6.45, 7) is 3.91. The largest absolute Gasteiger partial charge is 0.296 e. The third kappa shape index (κ3) is 4.87. The van der Waals surface area contributed by atoms with Crippen LogP contribution in [0, 0.1) is 19.7 Å². The van der Waals surface area contributed by atoms with Gasteiger partial charge in [-0.05, 0) is 43.7 Å². The Balaban J connectivity index is 1.61. The van der Waals surface area contributed by atoms with Crippen LogP contribution in [0.4, 0.5) is 9.52 Å². The number of thioether (sulfide) groups is 1. The van der Waals surface area contributed by atoms with Gasteiger partial charge in [0.1, 0.15) is 5.82 Å². The summed E-state index contributed by atoms with van der Waals surface area (Å²) >= 11 is 2.82. The molecule has 0 saturated carbocycles. The average molecular weight is 373 g/mol. The third-order valence-corrected chi connectivity index (χ3v) is 5.43. The molecule has 4 nitrogen and oxygen atoms in total. The van der Waals surface area contributed by atoms with E-state index in [0.717, 1.165) is 21.0 Å². The molecular formula is C18H16FN3OS2. The van der Waals surface area contributed by atoms with Crippen molar-refractivity contribution in [2.75, 3.05) is 5.32 Å². The van der Waals surface area contributed by atoms with Gasteiger partial charge in [-0.25, -0.2) is 4.39 Å². The summed E-state index contributed by atoms with van der Waals surface area (Å²) < 4.78 is 13.6. The summed E-state index contributed by atoms with van der Waals surface area (Å²) in [6.07, 6.45) is 0. The Morgan fingerprint density at radius 3 is 2.48 bits per heavy atom. The number of hydrogen-bond acceptors (Lipinski definition) is 5. The quantitative estimate of drug-likeness (QED) is 0.514. The fourth-order valence-electron chi connectivity index (χ4n) is 2.32. The second-order valence-electron chi connectivity index (χ2n) is 5.62. The first kappa shape index (κ1) is 17.6. The van der Waals surface area contributed by atoms with Crippen LogP contribution in [0.1, 0.15) is 27.0 Å². The first-order chi connectivity index (χ1) is 12.0. The number of anilines is 1. The maximum Gasteiger partial charge on any atom is 0.257 e. The first-order valence-electron chi connectivity index (χ1n) is 7.60. The van der Waals surface area contributed by atoms with Crippen LogP contribution in [-0.4, -0.2) is 16.1 Å². The number of aromatic nitrogens is 2. The van der Waals surface area contributed by atoms with Crippen molar-refractivity contribution in [3.8, 4) is 0 Å². The molecule has 3 rings (SSSR count). The normalized spacial score (nSPS) is 10.7. The SMILES string of the molecule is Cc1cc(C)cc(C(=O)Nc2nnc(SCc3ccc(F)cc3)s2)c1. The number of halogens is 1. The molecular weight excluding hydrogens is 357 g/mol. The van der Waals surface area contributed by atoms with E-state index in [2.05, 4.69) is 15.5 Å². The third-order valence-electron chi connectivity index (χ3n) is 3.39. The van der Waals surface area contributed by atoms with E-state index in [4.69, 9.17) is 0 Å². The van der Waals surface area contributed by atoms with Crippen LogP contribution in [0.5, 0.6) is 0 Å². The molecule has 0 unspecified atom stereocenters. The number of amides is 1. The molecule has 0 spiro atoms. The minimum atomic E-state index is -0.249. The number of nitrogens with one attached hydrogen (secondary N) is 1. The topological polar surface area (TPSA) is 54.9 Å². The van der Waals surface area contributed by atoms with Crippen molar-refractivity contribution in [1.82, 2.24) is 10.2 Å². The highest BCUT2D eigenvalue weighted by molar-refractivity contribution is 8.00. The summed E-state index contributed by atoms with van der Waals surface area (Å²) in [5.41, 5.74) is 3.69. The summed E-state index contributed by atoms with van der Waals surface area (Å²) in [4.78, 5) is 12.3. The predicted molar refractivity (Wildman–Crippen MR) is 99.7 cm³/mol. The van der Waals surface area contributed by atoms with Crippen LogP contribution < -0.4 is 5.32 Å². The van der Waals surface area contributed by atoms with Crippen molar-refractivity contribution in [3.05, 3.63) is 70.5 Å². The number of benzene rings is 2. The van der Waals surface area contributed by atoms with Crippen LogP contribution in [0.2, 0.25) is 0 Å². The van der Waals surface area contributed by atoms with Gasteiger partial charge in [-0.2, -0.15) is 0 Å². The van der Waals surface area contributed by atoms with Crippen molar-refractivity contribution < 1.29 is 9.18 Å². The van der Waals surface area contributed by atoms with E-state index < -0.39 is 0 Å². The Labute approximate surface area is 153 Å². The number of hydrogen-bond donors (Lipinski definition) is 1. The van der Waals surface area contributed by atoms with E-state index in [-0.39, 0.29) is 11.7 Å². The lowest BCUT2D eigenvalue weighted by molar-refractivity contribution is 0.102. The Hall–Kier alpha value is -2.25. The Morgan fingerprint density at radius 2 is 1.80 bits per heavy atom. The molecule has 1 amide bonds. The van der Waals surface area contributed by atoms with Crippen molar-refractivity contribution in [3.63, 3.8) is 0 Å². The number of carbonyl (C=O) groups is 1. The predicted octanol–water partition coefficient (Wildman–Crippen LogP) is 4.84. The van der Waals surface area contributed by atoms with Gasteiger partial charge in [-0.15, -0.1) is 10.2 Å². The van der Waals surface area contributed by atoms with Crippen LogP contribution in [0.15, 0.2) is 46.8 Å². The molecule has 128 valence electrons. The Morgan fingerprint density at radius 1 is 1.12 bits per heavy atom. The lowest BCUT2D eigenvalue weighted by Gasteiger charge is -2.04. The van der Waals surface area contributed by atoms with Gasteiger partial charge in [-0.1, -0.05) is 52.4 Å². The van der Waals surface area contributed by atoms with E-state index in [1.807, 2.05) is 32.0 Å². The zero-order valence-corrected chi connectivity index (χ0v) is 15.4. The van der Waals surface area contributed by atoms with Gasteiger partial charge in [0.15, 0.2) is 4.34 Å². The molecule has 0 bridgehead atoms. The zero-order valence-electron chi connectivity index (χ0n) is 13.7. The number of nitrogens with zero attached hydrogens (tertiary/aromatic N) is 2. The fourth-order valence-corrected chi connectivity index (χ4v) is 4.02. The lowest BCUT2D eigenvalue weighted by Crippen LogP contribution is -2.12. The second-order valence-corrected chi connectivity index (χ2v) is 7.82. The summed E-state index contributed by atoms with van der Waals surface area (Å²) in [5, 5.41) is 11.3. The van der Waals surface area contributed by atoms with Gasteiger partial charge in [0, 0.05) is 11.3 Å². The molecule has 0 fully saturated rings. The highest BCUT2D eigenvalue weighted by Crippen LogP contribution is 2.28. The van der Waals surface area contributed by atoms with Gasteiger partial charge < -0.3 is 0 Å². The van der Waals surface area contributed by atoms with E-state index in [0.29, 0.717) is 16.4 Å². The highest BCUT2D eigenvalue weighted by atomic mass is 32.2. The zero-order chi connectivity index (χ0) is 17.8. The molecule has 0 aliphatic carbocycles. The smallest absolute Gasteiger partial charge is 0.257 e. The first-order valence-corrected chi connectivity index (χ1v) is 9.40. The molecule has 0 atom stereocenters. The van der Waals surface area contributed by atoms with Gasteiger partial charge in [0.05, 0.1) is 0 Å². The van der Waals surface area contributed by atoms with Crippen LogP contribution >= 0.6 is 23.1 Å². The molecule has 25 heavy (non-hydrogen) atoms. The molecule has 3 aromatic rings. The van der Waals surface area contributed by atoms with Crippen LogP contribution in [-0.2, 0) is 5.75 Å². The minimum absolute atomic E-state index is 0.196. The molecule has 2 aromatic carbocycles. The molecule has 1 N–H and O–H groups in total. The van der Waals surface area contributed by atoms with E-state index in [1.54, 1.807) is 12.1 Å². The van der Waals surface area contributed by atoms with E-state index in [1.165, 1.54) is 35.2 Å². The number of carbonyl (C=O) groups excluding carboxylic acids is 1. The van der Waals surface area contributed by atoms with Crippen molar-refractivity contribution in [2.24, 2.45) is 0 Å². The lowest BCUT2D eigenvalue weighted by atomic mass is 10.1. The van der Waals surface area contributed by atoms with Gasteiger partial charge >= 0.3 is 0 Å². The molecule has 0 radical (unpaired) electrons. The number of rotatable bonds is 5. The summed E-state index contributed by atoms with van der Waals surface area (Å²) in [5.74, 6) is 0.221. The average Bonchev–Trinajstić information content (AvgIpc) is 3.01. The Kier molecular flexibility index (Phi) is 5.45. The second kappa shape index (κ2) is 7.76. The molecule has 7 heteroatoms. The molecule has 0 aliphatic heterocycles. The van der Waals surface area contributed by atoms with Crippen molar-refractivity contribution >= 4 is 34.1 Å². The number of aryl methyl sites for hydroxylation is 2. The molecule has 0 saturated heterocycles. The van der Waals surface area contributed by atoms with Crippen LogP contribution in [0.25, 0.3) is 0 Å². The molecule has 1 aromatic heterocycles. The van der Waals surface area contributed by atoms with Crippen LogP contribution in [0.3, 0.4) is 0 Å². The van der Waals surface area contributed by atoms with E-state index >= 15 is 0 Å². The van der Waals surface area contributed by atoms with Crippen molar-refractivity contribution in [1.29, 1.82) is 0 Å². The minimum Gasteiger partial charge on any atom is -0.296 e. The molecule has 0 aliphatic rings. The maximum absolute atomic E-state index is 12.9. The Bertz CT molecular complexity index is 873. The molecule has 1 heterocycles. The van der Waals surface area contributed by atoms with Crippen molar-refractivity contribution in [2.45, 2.75) is 23.9 Å². The van der Waals surface area contributed by atoms with Gasteiger partial charge in [0.2, 0.25) is 5.13 Å². The highest BCUT2D eigenvalue weighted by Gasteiger charge is 2.11. The standard InChI is InChI=1S/C18H16FN3OS2/c1-11-7-12(2)9-14(8-11)16(23)20-17-21-22-18(25-17)24-10-13-3-5-15(19)6-4-13/h3-9H,10H2,1-2H3,(H,20,21,23).